The Kier molecular flexibility index (Phi) is 3.29. The minimum atomic E-state index is -0.653. The number of fused-ring (bicyclic) bond motifs is 1. The highest BCUT2D eigenvalue weighted by Gasteiger charge is 2.43. The van der Waals surface area contributed by atoms with Crippen molar-refractivity contribution in [3.8, 4) is 0 Å². The van der Waals surface area contributed by atoms with E-state index in [0.29, 0.717) is 17.5 Å². The first-order chi connectivity index (χ1) is 9.99. The molecular formula is C14H18N4O3. The van der Waals surface area contributed by atoms with Gasteiger partial charge in [0.25, 0.3) is 5.69 Å². The number of amides is 1. The lowest BCUT2D eigenvalue weighted by Crippen LogP contribution is -2.33. The quantitative estimate of drug-likeness (QED) is 0.631. The van der Waals surface area contributed by atoms with Gasteiger partial charge in [0.05, 0.1) is 4.92 Å². The van der Waals surface area contributed by atoms with Crippen LogP contribution in [0.4, 0.5) is 11.4 Å². The van der Waals surface area contributed by atoms with Crippen LogP contribution in [0.2, 0.25) is 0 Å². The molecule has 3 rings (SSSR count). The Hall–Kier alpha value is -2.15. The largest absolute Gasteiger partial charge is 0.366 e. The third kappa shape index (κ3) is 2.23. The van der Waals surface area contributed by atoms with Crippen molar-refractivity contribution in [1.29, 1.82) is 0 Å². The molecule has 2 aliphatic heterocycles. The van der Waals surface area contributed by atoms with E-state index in [1.807, 2.05) is 0 Å². The number of carbonyl (C=O) groups excluding carboxylic acids is 1. The van der Waals surface area contributed by atoms with Crippen LogP contribution in [0, 0.1) is 22.0 Å². The van der Waals surface area contributed by atoms with Crippen LogP contribution in [0.5, 0.6) is 0 Å². The second-order valence-corrected chi connectivity index (χ2v) is 5.80. The van der Waals surface area contributed by atoms with Gasteiger partial charge in [-0.3, -0.25) is 14.9 Å². The van der Waals surface area contributed by atoms with E-state index in [9.17, 15) is 14.9 Å². The third-order valence-electron chi connectivity index (χ3n) is 4.70. The van der Waals surface area contributed by atoms with E-state index in [1.165, 1.54) is 6.07 Å². The van der Waals surface area contributed by atoms with Gasteiger partial charge in [-0.2, -0.15) is 0 Å². The molecule has 2 fully saturated rings. The molecule has 112 valence electrons. The summed E-state index contributed by atoms with van der Waals surface area (Å²) in [5.74, 6) is 0.385. The summed E-state index contributed by atoms with van der Waals surface area (Å²) in [6.07, 6.45) is 0. The predicted octanol–water partition coefficient (Wildman–Crippen LogP) is 0.738. The van der Waals surface area contributed by atoms with E-state index >= 15 is 0 Å². The first kappa shape index (κ1) is 13.8. The summed E-state index contributed by atoms with van der Waals surface area (Å²) in [6.45, 7) is 4.81. The van der Waals surface area contributed by atoms with Crippen LogP contribution in [0.15, 0.2) is 18.2 Å². The molecule has 2 aliphatic rings. The Bertz CT molecular complexity index is 604. The molecule has 0 radical (unpaired) electrons. The Morgan fingerprint density at radius 3 is 2.86 bits per heavy atom. The number of anilines is 1. The first-order valence-corrected chi connectivity index (χ1v) is 7.04. The number of nitrogens with two attached hydrogens (primary N) is 1. The number of hydrogen-bond acceptors (Lipinski definition) is 5. The maximum Gasteiger partial charge on any atom is 0.293 e. The molecule has 0 aromatic heterocycles. The maximum absolute atomic E-state index is 11.3. The molecule has 0 spiro atoms. The second kappa shape index (κ2) is 5.00. The van der Waals surface area contributed by atoms with Crippen molar-refractivity contribution < 1.29 is 9.72 Å². The van der Waals surface area contributed by atoms with Crippen LogP contribution in [0.1, 0.15) is 17.3 Å². The molecule has 1 aromatic carbocycles. The lowest BCUT2D eigenvalue weighted by Gasteiger charge is -2.26. The van der Waals surface area contributed by atoms with Gasteiger partial charge in [0, 0.05) is 37.3 Å². The number of nitrogens with zero attached hydrogens (tertiary/aromatic N) is 2. The monoisotopic (exact) mass is 290 g/mol. The number of carbonyl (C=O) groups is 1. The van der Waals surface area contributed by atoms with Gasteiger partial charge in [-0.05, 0) is 30.9 Å². The van der Waals surface area contributed by atoms with Gasteiger partial charge in [-0.15, -0.1) is 0 Å². The van der Waals surface area contributed by atoms with E-state index in [4.69, 9.17) is 5.73 Å². The molecule has 0 aliphatic carbocycles. The molecule has 3 unspecified atom stereocenters. The number of nitrogens with one attached hydrogen (secondary N) is 1. The highest BCUT2D eigenvalue weighted by Crippen LogP contribution is 2.39. The lowest BCUT2D eigenvalue weighted by molar-refractivity contribution is -0.384. The van der Waals surface area contributed by atoms with Crippen molar-refractivity contribution in [3.05, 3.63) is 33.9 Å². The van der Waals surface area contributed by atoms with Crippen LogP contribution in [0.25, 0.3) is 0 Å². The average molecular weight is 290 g/mol. The van der Waals surface area contributed by atoms with Crippen molar-refractivity contribution in [2.24, 2.45) is 17.6 Å². The molecule has 2 saturated heterocycles. The summed E-state index contributed by atoms with van der Waals surface area (Å²) >= 11 is 0. The number of primary amides is 1. The molecule has 7 heteroatoms. The highest BCUT2D eigenvalue weighted by molar-refractivity contribution is 5.94. The SMILES string of the molecule is CC1C2CNCC2CN1c1ccc(C(N)=O)cc1[N+](=O)[O-]. The zero-order valence-corrected chi connectivity index (χ0v) is 11.8. The summed E-state index contributed by atoms with van der Waals surface area (Å²) in [5.41, 5.74) is 5.90. The molecule has 7 nitrogen and oxygen atoms in total. The van der Waals surface area contributed by atoms with E-state index in [-0.39, 0.29) is 17.3 Å². The number of nitro benzene ring substituents is 1. The van der Waals surface area contributed by atoms with Crippen LogP contribution >= 0.6 is 0 Å². The van der Waals surface area contributed by atoms with Gasteiger partial charge >= 0.3 is 0 Å². The normalized spacial score (nSPS) is 27.7. The van der Waals surface area contributed by atoms with Crippen molar-refractivity contribution >= 4 is 17.3 Å². The van der Waals surface area contributed by atoms with Gasteiger partial charge < -0.3 is 16.0 Å². The minimum Gasteiger partial charge on any atom is -0.366 e. The molecule has 1 amide bonds. The van der Waals surface area contributed by atoms with Gasteiger partial charge in [0.2, 0.25) is 5.91 Å². The molecule has 2 heterocycles. The topological polar surface area (TPSA) is 102 Å². The number of nitro groups is 1. The fourth-order valence-corrected chi connectivity index (χ4v) is 3.55. The van der Waals surface area contributed by atoms with Crippen molar-refractivity contribution in [2.75, 3.05) is 24.5 Å². The summed E-state index contributed by atoms with van der Waals surface area (Å²) < 4.78 is 0. The zero-order valence-electron chi connectivity index (χ0n) is 11.8. The van der Waals surface area contributed by atoms with Crippen LogP contribution in [0.3, 0.4) is 0 Å². The van der Waals surface area contributed by atoms with E-state index in [0.717, 1.165) is 19.6 Å². The third-order valence-corrected chi connectivity index (χ3v) is 4.70. The van der Waals surface area contributed by atoms with Crippen molar-refractivity contribution in [1.82, 2.24) is 5.32 Å². The standard InChI is InChI=1S/C14H18N4O3/c1-8-11-6-16-5-10(11)7-17(8)12-3-2-9(14(15)19)4-13(12)18(20)21/h2-4,8,10-11,16H,5-7H2,1H3,(H2,15,19). The smallest absolute Gasteiger partial charge is 0.293 e. The summed E-state index contributed by atoms with van der Waals surface area (Å²) in [7, 11) is 0. The van der Waals surface area contributed by atoms with Crippen molar-refractivity contribution in [2.45, 2.75) is 13.0 Å². The predicted molar refractivity (Wildman–Crippen MR) is 78.3 cm³/mol. The minimum absolute atomic E-state index is 0.0499. The molecule has 21 heavy (non-hydrogen) atoms. The summed E-state index contributed by atoms with van der Waals surface area (Å²) in [4.78, 5) is 24.2. The van der Waals surface area contributed by atoms with E-state index in [1.54, 1.807) is 12.1 Å². The van der Waals surface area contributed by atoms with Gasteiger partial charge in [0.15, 0.2) is 0 Å². The second-order valence-electron chi connectivity index (χ2n) is 5.80. The zero-order chi connectivity index (χ0) is 15.1. The van der Waals surface area contributed by atoms with Crippen LogP contribution in [-0.4, -0.2) is 36.5 Å². The van der Waals surface area contributed by atoms with Crippen LogP contribution < -0.4 is 16.0 Å². The fourth-order valence-electron chi connectivity index (χ4n) is 3.55. The van der Waals surface area contributed by atoms with Gasteiger partial charge in [-0.1, -0.05) is 0 Å². The summed E-state index contributed by atoms with van der Waals surface area (Å²) in [5, 5.41) is 14.7. The fraction of sp³-hybridized carbons (Fsp3) is 0.500. The van der Waals surface area contributed by atoms with E-state index < -0.39 is 10.8 Å². The van der Waals surface area contributed by atoms with Crippen molar-refractivity contribution in [3.63, 3.8) is 0 Å². The molecule has 3 N–H and O–H groups in total. The molecule has 3 atom stereocenters. The average Bonchev–Trinajstić information content (AvgIpc) is 3.01. The highest BCUT2D eigenvalue weighted by atomic mass is 16.6. The van der Waals surface area contributed by atoms with Gasteiger partial charge in [0.1, 0.15) is 5.69 Å². The Balaban J connectivity index is 1.98. The number of benzene rings is 1. The molecular weight excluding hydrogens is 272 g/mol. The maximum atomic E-state index is 11.3. The Labute approximate surface area is 122 Å². The van der Waals surface area contributed by atoms with E-state index in [2.05, 4.69) is 17.1 Å². The summed E-state index contributed by atoms with van der Waals surface area (Å²) in [6, 6.07) is 4.71. The lowest BCUT2D eigenvalue weighted by atomic mass is 9.95. The molecule has 1 aromatic rings. The first-order valence-electron chi connectivity index (χ1n) is 7.04. The molecule has 0 saturated carbocycles. The number of rotatable bonds is 3. The Morgan fingerprint density at radius 1 is 1.48 bits per heavy atom. The molecule has 0 bridgehead atoms. The van der Waals surface area contributed by atoms with Crippen LogP contribution in [-0.2, 0) is 0 Å². The van der Waals surface area contributed by atoms with Gasteiger partial charge in [-0.25, -0.2) is 0 Å². The Morgan fingerprint density at radius 2 is 2.24 bits per heavy atom. The number of hydrogen-bond donors (Lipinski definition) is 2.